The predicted molar refractivity (Wildman–Crippen MR) is 55.9 cm³/mol. The van der Waals surface area contributed by atoms with Gasteiger partial charge in [-0.2, -0.15) is 0 Å². The van der Waals surface area contributed by atoms with Gasteiger partial charge in [0.05, 0.1) is 0 Å². The Balaban J connectivity index is 0.000000720. The highest BCUT2D eigenvalue weighted by molar-refractivity contribution is 8.93. The van der Waals surface area contributed by atoms with Crippen LogP contribution in [0.5, 0.6) is 5.75 Å². The van der Waals surface area contributed by atoms with Gasteiger partial charge in [0.1, 0.15) is 5.75 Å². The van der Waals surface area contributed by atoms with Gasteiger partial charge < -0.3 is 5.11 Å². The minimum atomic E-state index is 0. The third-order valence-electron chi connectivity index (χ3n) is 1.77. The van der Waals surface area contributed by atoms with E-state index in [0.717, 1.165) is 10.8 Å². The summed E-state index contributed by atoms with van der Waals surface area (Å²) in [6, 6.07) is 13.3. The second kappa shape index (κ2) is 3.59. The van der Waals surface area contributed by atoms with E-state index in [1.54, 1.807) is 6.07 Å². The fraction of sp³-hybridized carbons (Fsp3) is 0. The Morgan fingerprint density at radius 1 is 0.833 bits per heavy atom. The zero-order valence-electron chi connectivity index (χ0n) is 6.40. The SMILES string of the molecule is Br.Oc1cccc2ccccc12. The lowest BCUT2D eigenvalue weighted by atomic mass is 10.1. The number of halogens is 1. The van der Waals surface area contributed by atoms with Crippen molar-refractivity contribution in [1.29, 1.82) is 0 Å². The Morgan fingerprint density at radius 3 is 2.25 bits per heavy atom. The summed E-state index contributed by atoms with van der Waals surface area (Å²) >= 11 is 0. The quantitative estimate of drug-likeness (QED) is 0.730. The van der Waals surface area contributed by atoms with Gasteiger partial charge in [0.25, 0.3) is 0 Å². The van der Waals surface area contributed by atoms with Crippen LogP contribution in [0, 0.1) is 0 Å². The third-order valence-corrected chi connectivity index (χ3v) is 1.77. The molecule has 62 valence electrons. The second-order valence-corrected chi connectivity index (χ2v) is 2.50. The van der Waals surface area contributed by atoms with E-state index in [9.17, 15) is 5.11 Å². The zero-order valence-corrected chi connectivity index (χ0v) is 8.11. The maximum Gasteiger partial charge on any atom is 0.123 e. The first-order valence-corrected chi connectivity index (χ1v) is 3.54. The fourth-order valence-corrected chi connectivity index (χ4v) is 1.21. The van der Waals surface area contributed by atoms with Crippen LogP contribution in [0.3, 0.4) is 0 Å². The maximum absolute atomic E-state index is 9.37. The zero-order chi connectivity index (χ0) is 7.68. The summed E-state index contributed by atoms with van der Waals surface area (Å²) in [5.41, 5.74) is 0. The van der Waals surface area contributed by atoms with E-state index in [-0.39, 0.29) is 17.0 Å². The molecular formula is C10H9BrO. The molecule has 0 saturated heterocycles. The summed E-state index contributed by atoms with van der Waals surface area (Å²) in [7, 11) is 0. The topological polar surface area (TPSA) is 20.2 Å². The van der Waals surface area contributed by atoms with E-state index in [4.69, 9.17) is 0 Å². The molecule has 1 N–H and O–H groups in total. The fourth-order valence-electron chi connectivity index (χ4n) is 1.21. The Labute approximate surface area is 81.4 Å². The normalized spacial score (nSPS) is 9.33. The van der Waals surface area contributed by atoms with E-state index in [0.29, 0.717) is 5.75 Å². The Morgan fingerprint density at radius 2 is 1.50 bits per heavy atom. The third kappa shape index (κ3) is 1.43. The highest BCUT2D eigenvalue weighted by Crippen LogP contribution is 2.22. The van der Waals surface area contributed by atoms with Crippen molar-refractivity contribution in [2.24, 2.45) is 0 Å². The van der Waals surface area contributed by atoms with Crippen LogP contribution in [0.15, 0.2) is 42.5 Å². The van der Waals surface area contributed by atoms with E-state index >= 15 is 0 Å². The predicted octanol–water partition coefficient (Wildman–Crippen LogP) is 3.12. The van der Waals surface area contributed by atoms with Crippen LogP contribution >= 0.6 is 17.0 Å². The minimum absolute atomic E-state index is 0. The molecule has 0 aliphatic heterocycles. The number of hydrogen-bond donors (Lipinski definition) is 1. The van der Waals surface area contributed by atoms with Gasteiger partial charge in [-0.3, -0.25) is 0 Å². The van der Waals surface area contributed by atoms with Crippen molar-refractivity contribution in [2.75, 3.05) is 0 Å². The average Bonchev–Trinajstić information content (AvgIpc) is 2.06. The summed E-state index contributed by atoms with van der Waals surface area (Å²) in [6.45, 7) is 0. The van der Waals surface area contributed by atoms with Gasteiger partial charge in [0.15, 0.2) is 0 Å². The van der Waals surface area contributed by atoms with E-state index in [2.05, 4.69) is 0 Å². The first-order valence-electron chi connectivity index (χ1n) is 3.54. The number of phenols is 1. The Hall–Kier alpha value is -1.02. The van der Waals surface area contributed by atoms with Crippen LogP contribution in [-0.4, -0.2) is 5.11 Å². The van der Waals surface area contributed by atoms with Crippen LogP contribution in [0.25, 0.3) is 10.8 Å². The van der Waals surface area contributed by atoms with Crippen molar-refractivity contribution in [3.8, 4) is 5.75 Å². The smallest absolute Gasteiger partial charge is 0.123 e. The summed E-state index contributed by atoms with van der Waals surface area (Å²) in [5, 5.41) is 11.4. The van der Waals surface area contributed by atoms with Gasteiger partial charge in [0, 0.05) is 5.39 Å². The molecule has 0 radical (unpaired) electrons. The van der Waals surface area contributed by atoms with Gasteiger partial charge in [-0.05, 0) is 11.5 Å². The molecule has 0 unspecified atom stereocenters. The van der Waals surface area contributed by atoms with Gasteiger partial charge in [-0.1, -0.05) is 36.4 Å². The molecule has 1 nitrogen and oxygen atoms in total. The molecule has 0 atom stereocenters. The molecule has 0 aliphatic carbocycles. The largest absolute Gasteiger partial charge is 0.507 e. The van der Waals surface area contributed by atoms with Gasteiger partial charge in [-0.15, -0.1) is 17.0 Å². The van der Waals surface area contributed by atoms with Gasteiger partial charge in [0.2, 0.25) is 0 Å². The van der Waals surface area contributed by atoms with E-state index in [1.165, 1.54) is 0 Å². The molecule has 0 bridgehead atoms. The monoisotopic (exact) mass is 224 g/mol. The number of phenolic OH excluding ortho intramolecular Hbond substituents is 1. The molecule has 2 rings (SSSR count). The molecule has 0 saturated carbocycles. The minimum Gasteiger partial charge on any atom is -0.507 e. The highest BCUT2D eigenvalue weighted by Gasteiger charge is 1.94. The number of aromatic hydroxyl groups is 1. The maximum atomic E-state index is 9.37. The van der Waals surface area contributed by atoms with Crippen molar-refractivity contribution in [3.63, 3.8) is 0 Å². The number of rotatable bonds is 0. The lowest BCUT2D eigenvalue weighted by Crippen LogP contribution is -1.70. The summed E-state index contributed by atoms with van der Waals surface area (Å²) in [4.78, 5) is 0. The molecule has 0 amide bonds. The lowest BCUT2D eigenvalue weighted by molar-refractivity contribution is 0.481. The summed E-state index contributed by atoms with van der Waals surface area (Å²) < 4.78 is 0. The van der Waals surface area contributed by atoms with Crippen LogP contribution in [0.1, 0.15) is 0 Å². The molecule has 0 spiro atoms. The van der Waals surface area contributed by atoms with Crippen LogP contribution in [-0.2, 0) is 0 Å². The Kier molecular flexibility index (Phi) is 2.71. The molecule has 0 aromatic heterocycles. The second-order valence-electron chi connectivity index (χ2n) is 2.50. The molecule has 12 heavy (non-hydrogen) atoms. The van der Waals surface area contributed by atoms with Crippen molar-refractivity contribution in [1.82, 2.24) is 0 Å². The molecule has 2 heteroatoms. The molecule has 2 aromatic rings. The number of fused-ring (bicyclic) bond motifs is 1. The van der Waals surface area contributed by atoms with Crippen LogP contribution in [0.4, 0.5) is 0 Å². The highest BCUT2D eigenvalue weighted by atomic mass is 79.9. The molecule has 0 fully saturated rings. The van der Waals surface area contributed by atoms with Gasteiger partial charge in [-0.25, -0.2) is 0 Å². The van der Waals surface area contributed by atoms with E-state index in [1.807, 2.05) is 36.4 Å². The number of benzene rings is 2. The molecule has 0 aliphatic rings. The molecule has 0 heterocycles. The van der Waals surface area contributed by atoms with Crippen LogP contribution in [0.2, 0.25) is 0 Å². The standard InChI is InChI=1S/C10H8O.BrH/c11-10-7-3-5-8-4-1-2-6-9(8)10;/h1-7,11H;1H. The molecular weight excluding hydrogens is 216 g/mol. The average molecular weight is 225 g/mol. The van der Waals surface area contributed by atoms with Crippen LogP contribution < -0.4 is 0 Å². The summed E-state index contributed by atoms with van der Waals surface area (Å²) in [5.74, 6) is 0.350. The Bertz CT molecular complexity index is 379. The summed E-state index contributed by atoms with van der Waals surface area (Å²) in [6.07, 6.45) is 0. The first-order chi connectivity index (χ1) is 5.38. The first kappa shape index (κ1) is 9.07. The van der Waals surface area contributed by atoms with Crippen molar-refractivity contribution in [2.45, 2.75) is 0 Å². The van der Waals surface area contributed by atoms with Crippen molar-refractivity contribution < 1.29 is 5.11 Å². The number of hydrogen-bond acceptors (Lipinski definition) is 1. The van der Waals surface area contributed by atoms with Gasteiger partial charge >= 0.3 is 0 Å². The lowest BCUT2D eigenvalue weighted by Gasteiger charge is -1.97. The molecule has 2 aromatic carbocycles. The van der Waals surface area contributed by atoms with Crippen molar-refractivity contribution in [3.05, 3.63) is 42.5 Å². The van der Waals surface area contributed by atoms with Crippen molar-refractivity contribution >= 4 is 27.8 Å². The van der Waals surface area contributed by atoms with E-state index < -0.39 is 0 Å².